The zero-order chi connectivity index (χ0) is 19.0. The summed E-state index contributed by atoms with van der Waals surface area (Å²) in [4.78, 5) is 4.52. The van der Waals surface area contributed by atoms with Gasteiger partial charge in [0.25, 0.3) is 0 Å². The van der Waals surface area contributed by atoms with Gasteiger partial charge in [-0.05, 0) is 66.8 Å². The van der Waals surface area contributed by atoms with Gasteiger partial charge in [-0.15, -0.1) is 17.7 Å². The monoisotopic (exact) mass is 402 g/mol. The van der Waals surface area contributed by atoms with Crippen molar-refractivity contribution in [3.05, 3.63) is 28.3 Å². The Kier molecular flexibility index (Phi) is 5.36. The van der Waals surface area contributed by atoms with Gasteiger partial charge in [-0.2, -0.15) is 4.98 Å². The fourth-order valence-electron chi connectivity index (χ4n) is 4.12. The smallest absolute Gasteiger partial charge is 0.228 e. The minimum Gasteiger partial charge on any atom is -0.359 e. The topological polar surface area (TPSA) is 52.0 Å². The lowest BCUT2D eigenvalue weighted by molar-refractivity contribution is 0.0792. The minimum atomic E-state index is -1.09. The van der Waals surface area contributed by atoms with E-state index in [1.165, 1.54) is 53.6 Å². The van der Waals surface area contributed by atoms with Crippen LogP contribution in [0.3, 0.4) is 0 Å². The number of rotatable bonds is 7. The molecule has 0 atom stereocenters. The lowest BCUT2D eigenvalue weighted by Crippen LogP contribution is -2.22. The van der Waals surface area contributed by atoms with E-state index in [0.29, 0.717) is 11.9 Å². The maximum Gasteiger partial charge on any atom is 0.228 e. The molecule has 0 bridgehead atoms. The van der Waals surface area contributed by atoms with Crippen LogP contribution in [-0.2, 0) is 37.2 Å². The molecule has 0 amide bonds. The molecule has 7 heteroatoms. The first-order valence-electron chi connectivity index (χ1n) is 10.1. The highest BCUT2D eigenvalue weighted by molar-refractivity contribution is 7.80. The van der Waals surface area contributed by atoms with Crippen LogP contribution in [0.15, 0.2) is 11.2 Å². The van der Waals surface area contributed by atoms with Crippen LogP contribution >= 0.6 is 12.6 Å². The normalized spacial score (nSPS) is 15.9. The summed E-state index contributed by atoms with van der Waals surface area (Å²) in [7, 11) is -1.09. The molecule has 1 aromatic carbocycles. The van der Waals surface area contributed by atoms with E-state index in [1.807, 2.05) is 4.68 Å². The number of hydrogen-bond donors (Lipinski definition) is 2. The van der Waals surface area contributed by atoms with Gasteiger partial charge in [-0.1, -0.05) is 25.7 Å². The van der Waals surface area contributed by atoms with Gasteiger partial charge in [-0.3, -0.25) is 0 Å². The molecule has 1 aromatic heterocycles. The quantitative estimate of drug-likeness (QED) is 0.404. The zero-order valence-electron chi connectivity index (χ0n) is 16.6. The molecule has 146 valence electrons. The van der Waals surface area contributed by atoms with Crippen molar-refractivity contribution in [1.29, 1.82) is 0 Å². The van der Waals surface area contributed by atoms with Crippen LogP contribution in [0.25, 0.3) is 0 Å². The van der Waals surface area contributed by atoms with Gasteiger partial charge in [0.15, 0.2) is 0 Å². The Morgan fingerprint density at radius 2 is 1.78 bits per heavy atom. The third-order valence-electron chi connectivity index (χ3n) is 5.58. The fraction of sp³-hybridized carbons (Fsp3) is 0.600. The molecule has 0 saturated carbocycles. The largest absolute Gasteiger partial charge is 0.359 e. The molecule has 0 radical (unpaired) electrons. The molecule has 2 aromatic rings. The first-order valence-corrected chi connectivity index (χ1v) is 14.2. The highest BCUT2D eigenvalue weighted by Gasteiger charge is 2.25. The van der Waals surface area contributed by atoms with Crippen molar-refractivity contribution in [2.75, 3.05) is 11.9 Å². The molecule has 27 heavy (non-hydrogen) atoms. The molecular weight excluding hydrogens is 372 g/mol. The number of nitrogens with zero attached hydrogens (tertiary/aromatic N) is 3. The third kappa shape index (κ3) is 4.25. The van der Waals surface area contributed by atoms with Crippen LogP contribution in [0, 0.1) is 0 Å². The molecule has 1 N–H and O–H groups in total. The fourth-order valence-corrected chi connectivity index (χ4v) is 5.08. The predicted molar refractivity (Wildman–Crippen MR) is 115 cm³/mol. The van der Waals surface area contributed by atoms with Gasteiger partial charge >= 0.3 is 0 Å². The molecule has 2 aliphatic carbocycles. The van der Waals surface area contributed by atoms with Crippen LogP contribution in [0.1, 0.15) is 35.1 Å². The maximum atomic E-state index is 5.89. The van der Waals surface area contributed by atoms with E-state index in [2.05, 4.69) is 53.7 Å². The number of aromatic nitrogens is 3. The van der Waals surface area contributed by atoms with Gasteiger partial charge in [0.2, 0.25) is 11.1 Å². The van der Waals surface area contributed by atoms with Crippen molar-refractivity contribution in [2.45, 2.75) is 76.1 Å². The van der Waals surface area contributed by atoms with Crippen molar-refractivity contribution < 1.29 is 4.74 Å². The summed E-state index contributed by atoms with van der Waals surface area (Å²) in [6.45, 7) is 8.27. The summed E-state index contributed by atoms with van der Waals surface area (Å²) >= 11 is 4.36. The molecule has 0 spiro atoms. The van der Waals surface area contributed by atoms with Crippen molar-refractivity contribution >= 4 is 32.3 Å². The predicted octanol–water partition coefficient (Wildman–Crippen LogP) is 4.60. The summed E-state index contributed by atoms with van der Waals surface area (Å²) in [5.41, 5.74) is 7.26. The number of nitrogens with one attached hydrogen (secondary N) is 1. The molecule has 0 unspecified atom stereocenters. The Morgan fingerprint density at radius 1 is 1.11 bits per heavy atom. The van der Waals surface area contributed by atoms with Gasteiger partial charge in [0, 0.05) is 20.4 Å². The number of benzene rings is 1. The summed E-state index contributed by atoms with van der Waals surface area (Å²) in [5, 5.41) is 8.52. The molecule has 0 fully saturated rings. The van der Waals surface area contributed by atoms with Crippen molar-refractivity contribution in [3.8, 4) is 0 Å². The van der Waals surface area contributed by atoms with E-state index in [-0.39, 0.29) is 0 Å². The van der Waals surface area contributed by atoms with Gasteiger partial charge < -0.3 is 10.1 Å². The lowest BCUT2D eigenvalue weighted by atomic mass is 9.99. The molecule has 1 heterocycles. The maximum absolute atomic E-state index is 5.89. The van der Waals surface area contributed by atoms with E-state index in [0.717, 1.165) is 31.4 Å². The van der Waals surface area contributed by atoms with Crippen LogP contribution in [-0.4, -0.2) is 29.4 Å². The molecule has 0 saturated heterocycles. The third-order valence-corrected chi connectivity index (χ3v) is 7.47. The van der Waals surface area contributed by atoms with Crippen LogP contribution in [0.4, 0.5) is 11.6 Å². The number of thiol groups is 1. The van der Waals surface area contributed by atoms with E-state index in [4.69, 9.17) is 4.74 Å². The van der Waals surface area contributed by atoms with Gasteiger partial charge in [0.1, 0.15) is 6.73 Å². The van der Waals surface area contributed by atoms with E-state index in [1.54, 1.807) is 0 Å². The second kappa shape index (κ2) is 7.60. The van der Waals surface area contributed by atoms with E-state index >= 15 is 0 Å². The minimum absolute atomic E-state index is 0.414. The average Bonchev–Trinajstić information content (AvgIpc) is 3.30. The highest BCUT2D eigenvalue weighted by atomic mass is 32.1. The second-order valence-corrected chi connectivity index (χ2v) is 15.0. The molecular formula is C20H30N4OSSi. The second-order valence-electron chi connectivity index (χ2n) is 8.94. The SMILES string of the molecule is C[Si](C)(C)CCOCn1nc(S)nc1Nc1c2c(cc3c1CCC3)CCC2. The lowest BCUT2D eigenvalue weighted by Gasteiger charge is -2.18. The van der Waals surface area contributed by atoms with Crippen LogP contribution in [0.5, 0.6) is 0 Å². The number of anilines is 2. The van der Waals surface area contributed by atoms with E-state index < -0.39 is 8.07 Å². The summed E-state index contributed by atoms with van der Waals surface area (Å²) in [6.07, 6.45) is 7.19. The summed E-state index contributed by atoms with van der Waals surface area (Å²) in [5.74, 6) is 0.738. The zero-order valence-corrected chi connectivity index (χ0v) is 18.5. The number of fused-ring (bicyclic) bond motifs is 2. The first-order chi connectivity index (χ1) is 12.9. The van der Waals surface area contributed by atoms with Crippen molar-refractivity contribution in [1.82, 2.24) is 14.8 Å². The average molecular weight is 403 g/mol. The summed E-state index contributed by atoms with van der Waals surface area (Å²) in [6, 6.07) is 3.60. The highest BCUT2D eigenvalue weighted by Crippen LogP contribution is 2.39. The first kappa shape index (κ1) is 19.0. The van der Waals surface area contributed by atoms with E-state index in [9.17, 15) is 0 Å². The number of hydrogen-bond acceptors (Lipinski definition) is 5. The van der Waals surface area contributed by atoms with Gasteiger partial charge in [-0.25, -0.2) is 4.68 Å². The Labute approximate surface area is 168 Å². The van der Waals surface area contributed by atoms with Gasteiger partial charge in [0.05, 0.1) is 0 Å². The van der Waals surface area contributed by atoms with Crippen molar-refractivity contribution in [3.63, 3.8) is 0 Å². The van der Waals surface area contributed by atoms with Crippen LogP contribution < -0.4 is 5.32 Å². The Morgan fingerprint density at radius 3 is 2.41 bits per heavy atom. The molecule has 4 rings (SSSR count). The standard InChI is InChI=1S/C20H30N4OSSi/c1-27(2,3)11-10-25-13-24-19(22-20(26)23-24)21-18-16-8-4-6-14(16)12-15-7-5-9-17(15)18/h12H,4-11,13H2,1-3H3,(H2,21,22,23,26). The Bertz CT molecular complexity index is 811. The molecule has 0 aliphatic heterocycles. The Hall–Kier alpha value is -1.31. The Balaban J connectivity index is 1.54. The molecule has 2 aliphatic rings. The van der Waals surface area contributed by atoms with Crippen molar-refractivity contribution in [2.24, 2.45) is 0 Å². The number of ether oxygens (including phenoxy) is 1. The molecule has 5 nitrogen and oxygen atoms in total. The van der Waals surface area contributed by atoms with Crippen LogP contribution in [0.2, 0.25) is 25.7 Å². The number of aryl methyl sites for hydroxylation is 2. The summed E-state index contributed by atoms with van der Waals surface area (Å²) < 4.78 is 7.70.